The van der Waals surface area contributed by atoms with Crippen molar-refractivity contribution >= 4 is 28.6 Å². The molecule has 5 rings (SSSR count). The molecular weight excluding hydrogens is 521 g/mol. The molecular formula is C30H28FN9O. The number of amides is 1. The fraction of sp³-hybridized carbons (Fsp3) is 0.200. The third-order valence-corrected chi connectivity index (χ3v) is 6.99. The fourth-order valence-electron chi connectivity index (χ4n) is 4.69. The molecule has 0 spiro atoms. The van der Waals surface area contributed by atoms with Crippen LogP contribution < -0.4 is 16.4 Å². The summed E-state index contributed by atoms with van der Waals surface area (Å²) in [6.07, 6.45) is 4.73. The molecule has 4 N–H and O–H groups in total. The lowest BCUT2D eigenvalue weighted by atomic mass is 10.0. The number of nitrogens with zero attached hydrogens (tertiary/aromatic N) is 6. The van der Waals surface area contributed by atoms with E-state index in [0.717, 1.165) is 33.3 Å². The number of nitrogens with two attached hydrogens (primary N) is 1. The summed E-state index contributed by atoms with van der Waals surface area (Å²) in [6.45, 7) is 5.39. The van der Waals surface area contributed by atoms with E-state index in [9.17, 15) is 14.4 Å². The second-order valence-electron chi connectivity index (χ2n) is 9.87. The van der Waals surface area contributed by atoms with Crippen LogP contribution in [0.2, 0.25) is 0 Å². The van der Waals surface area contributed by atoms with E-state index in [1.54, 1.807) is 26.0 Å². The SMILES string of the molecule is Cc1cc([C@H](C)NC(=O)c2nc(C#N)cnc2N[C@H](C)c2ccc(-c3cn(C)c4ncnc(N)c34)cc2)ccc1F. The minimum atomic E-state index is -0.509. The van der Waals surface area contributed by atoms with Crippen LogP contribution in [0.1, 0.15) is 58.8 Å². The van der Waals surface area contributed by atoms with E-state index >= 15 is 0 Å². The minimum Gasteiger partial charge on any atom is -0.383 e. The number of hydrogen-bond acceptors (Lipinski definition) is 8. The molecule has 11 heteroatoms. The van der Waals surface area contributed by atoms with Crippen molar-refractivity contribution < 1.29 is 9.18 Å². The first kappa shape index (κ1) is 27.2. The first-order chi connectivity index (χ1) is 19.7. The Kier molecular flexibility index (Phi) is 7.31. The maximum atomic E-state index is 13.7. The molecule has 0 fully saturated rings. The molecule has 3 aromatic heterocycles. The molecule has 2 atom stereocenters. The molecule has 0 saturated carbocycles. The highest BCUT2D eigenvalue weighted by atomic mass is 19.1. The summed E-state index contributed by atoms with van der Waals surface area (Å²) >= 11 is 0. The average molecular weight is 550 g/mol. The maximum absolute atomic E-state index is 13.7. The van der Waals surface area contributed by atoms with Gasteiger partial charge >= 0.3 is 0 Å². The molecule has 0 aliphatic rings. The van der Waals surface area contributed by atoms with Gasteiger partial charge in [0.15, 0.2) is 17.2 Å². The van der Waals surface area contributed by atoms with Crippen molar-refractivity contribution in [1.82, 2.24) is 29.8 Å². The van der Waals surface area contributed by atoms with E-state index in [2.05, 4.69) is 30.6 Å². The summed E-state index contributed by atoms with van der Waals surface area (Å²) in [5.41, 5.74) is 10.9. The lowest BCUT2D eigenvalue weighted by molar-refractivity contribution is 0.0935. The number of benzene rings is 2. The van der Waals surface area contributed by atoms with Gasteiger partial charge in [0, 0.05) is 18.8 Å². The second-order valence-corrected chi connectivity index (χ2v) is 9.87. The standard InChI is InChI=1S/C30H28FN9O/c1-16-11-21(9-10-24(16)31)18(3)38-30(41)26-28(34-13-22(12-32)39-26)37-17(2)19-5-7-20(8-6-19)23-14-40(4)29-25(23)27(33)35-15-36-29/h5-11,13-15,17-18H,1-4H3,(H,34,37)(H,38,41)(H2,33,35,36)/t17-,18+/m1/s1. The Hall–Kier alpha value is -5.37. The van der Waals surface area contributed by atoms with Gasteiger partial charge < -0.3 is 20.9 Å². The first-order valence-electron chi connectivity index (χ1n) is 12.9. The van der Waals surface area contributed by atoms with E-state index in [0.29, 0.717) is 11.4 Å². The zero-order chi connectivity index (χ0) is 29.3. The van der Waals surface area contributed by atoms with Crippen molar-refractivity contribution in [2.24, 2.45) is 7.05 Å². The number of rotatable bonds is 7. The average Bonchev–Trinajstić information content (AvgIpc) is 3.32. The highest BCUT2D eigenvalue weighted by molar-refractivity contribution is 6.00. The lowest BCUT2D eigenvalue weighted by Gasteiger charge is -2.19. The lowest BCUT2D eigenvalue weighted by Crippen LogP contribution is -2.29. The largest absolute Gasteiger partial charge is 0.383 e. The Bertz CT molecular complexity index is 1810. The van der Waals surface area contributed by atoms with Crippen molar-refractivity contribution in [2.75, 3.05) is 11.1 Å². The number of carbonyl (C=O) groups excluding carboxylic acids is 1. The smallest absolute Gasteiger partial charge is 0.274 e. The van der Waals surface area contributed by atoms with Crippen LogP contribution in [0, 0.1) is 24.1 Å². The molecule has 0 unspecified atom stereocenters. The third kappa shape index (κ3) is 5.40. The molecule has 0 saturated heterocycles. The number of hydrogen-bond donors (Lipinski definition) is 3. The van der Waals surface area contributed by atoms with Crippen molar-refractivity contribution in [1.29, 1.82) is 5.26 Å². The van der Waals surface area contributed by atoms with Gasteiger partial charge in [-0.1, -0.05) is 36.4 Å². The Morgan fingerprint density at radius 2 is 1.80 bits per heavy atom. The number of nitrogen functional groups attached to an aromatic ring is 1. The van der Waals surface area contributed by atoms with Crippen molar-refractivity contribution in [3.05, 3.63) is 95.1 Å². The number of carbonyl (C=O) groups is 1. The highest BCUT2D eigenvalue weighted by Crippen LogP contribution is 2.33. The molecule has 10 nitrogen and oxygen atoms in total. The Balaban J connectivity index is 1.37. The zero-order valence-corrected chi connectivity index (χ0v) is 23.0. The molecule has 206 valence electrons. The summed E-state index contributed by atoms with van der Waals surface area (Å²) in [5, 5.41) is 16.3. The minimum absolute atomic E-state index is 0.00978. The normalized spacial score (nSPS) is 12.5. The molecule has 2 aromatic carbocycles. The Labute approximate surface area is 236 Å². The van der Waals surface area contributed by atoms with Crippen molar-refractivity contribution in [2.45, 2.75) is 32.9 Å². The summed E-state index contributed by atoms with van der Waals surface area (Å²) in [4.78, 5) is 30.3. The number of nitrogens with one attached hydrogen (secondary N) is 2. The van der Waals surface area contributed by atoms with Gasteiger partial charge in [-0.05, 0) is 49.1 Å². The topological polar surface area (TPSA) is 147 Å². The fourth-order valence-corrected chi connectivity index (χ4v) is 4.69. The second kappa shape index (κ2) is 11.0. The van der Waals surface area contributed by atoms with Gasteiger partial charge in [-0.3, -0.25) is 4.79 Å². The molecule has 3 heterocycles. The number of aryl methyl sites for hydroxylation is 2. The Morgan fingerprint density at radius 1 is 1.07 bits per heavy atom. The van der Waals surface area contributed by atoms with Crippen LogP contribution in [0.3, 0.4) is 0 Å². The predicted molar refractivity (Wildman–Crippen MR) is 154 cm³/mol. The molecule has 0 radical (unpaired) electrons. The van der Waals surface area contributed by atoms with Crippen LogP contribution in [-0.2, 0) is 7.05 Å². The summed E-state index contributed by atoms with van der Waals surface area (Å²) < 4.78 is 15.6. The van der Waals surface area contributed by atoms with Gasteiger partial charge in [0.2, 0.25) is 0 Å². The number of anilines is 2. The van der Waals surface area contributed by atoms with Gasteiger partial charge in [0.05, 0.1) is 23.7 Å². The van der Waals surface area contributed by atoms with Crippen LogP contribution in [0.4, 0.5) is 16.0 Å². The quantitative estimate of drug-likeness (QED) is 0.257. The van der Waals surface area contributed by atoms with Crippen LogP contribution in [0.5, 0.6) is 0 Å². The molecule has 0 aliphatic carbocycles. The van der Waals surface area contributed by atoms with Gasteiger partial charge in [0.25, 0.3) is 5.91 Å². The van der Waals surface area contributed by atoms with Crippen LogP contribution in [0.15, 0.2) is 61.2 Å². The molecule has 1 amide bonds. The van der Waals surface area contributed by atoms with E-state index < -0.39 is 11.9 Å². The van der Waals surface area contributed by atoms with Crippen molar-refractivity contribution in [3.63, 3.8) is 0 Å². The van der Waals surface area contributed by atoms with Gasteiger partial charge in [0.1, 0.15) is 29.7 Å². The summed E-state index contributed by atoms with van der Waals surface area (Å²) in [6, 6.07) is 13.8. The predicted octanol–water partition coefficient (Wildman–Crippen LogP) is 4.99. The number of fused-ring (bicyclic) bond motifs is 1. The molecule has 5 aromatic rings. The molecule has 0 bridgehead atoms. The maximum Gasteiger partial charge on any atom is 0.274 e. The monoisotopic (exact) mass is 549 g/mol. The van der Waals surface area contributed by atoms with Crippen LogP contribution in [0.25, 0.3) is 22.2 Å². The third-order valence-electron chi connectivity index (χ3n) is 6.99. The summed E-state index contributed by atoms with van der Waals surface area (Å²) in [5.74, 6) is -0.174. The van der Waals surface area contributed by atoms with Crippen LogP contribution >= 0.6 is 0 Å². The molecule has 0 aliphatic heterocycles. The zero-order valence-electron chi connectivity index (χ0n) is 23.0. The van der Waals surface area contributed by atoms with E-state index in [1.165, 1.54) is 18.6 Å². The molecule has 41 heavy (non-hydrogen) atoms. The van der Waals surface area contributed by atoms with Crippen LogP contribution in [-0.4, -0.2) is 30.4 Å². The van der Waals surface area contributed by atoms with Gasteiger partial charge in [-0.25, -0.2) is 24.3 Å². The Morgan fingerprint density at radius 3 is 2.51 bits per heavy atom. The summed E-state index contributed by atoms with van der Waals surface area (Å²) in [7, 11) is 1.91. The van der Waals surface area contributed by atoms with Gasteiger partial charge in [-0.2, -0.15) is 5.26 Å². The van der Waals surface area contributed by atoms with Gasteiger partial charge in [-0.15, -0.1) is 0 Å². The number of nitriles is 1. The van der Waals surface area contributed by atoms with E-state index in [1.807, 2.05) is 55.1 Å². The highest BCUT2D eigenvalue weighted by Gasteiger charge is 2.21. The van der Waals surface area contributed by atoms with E-state index in [4.69, 9.17) is 5.73 Å². The number of halogens is 1. The van der Waals surface area contributed by atoms with Crippen molar-refractivity contribution in [3.8, 4) is 17.2 Å². The van der Waals surface area contributed by atoms with E-state index in [-0.39, 0.29) is 29.1 Å². The first-order valence-corrected chi connectivity index (χ1v) is 12.9. The number of aromatic nitrogens is 5.